The minimum absolute atomic E-state index is 0.114. The Bertz CT molecular complexity index is 466. The summed E-state index contributed by atoms with van der Waals surface area (Å²) in [5, 5.41) is 3.37. The lowest BCUT2D eigenvalue weighted by atomic mass is 9.77. The van der Waals surface area contributed by atoms with Gasteiger partial charge in [-0.1, -0.05) is 24.3 Å². The highest BCUT2D eigenvalue weighted by Gasteiger charge is 2.34. The molecule has 1 heterocycles. The number of likely N-dealkylation sites (N-methyl/N-ethyl adjacent to an activating group) is 1. The monoisotopic (exact) mass is 258 g/mol. The third kappa shape index (κ3) is 2.52. The number of nitrogens with zero attached hydrogens (tertiary/aromatic N) is 1. The Morgan fingerprint density at radius 3 is 2.79 bits per heavy atom. The van der Waals surface area contributed by atoms with E-state index in [0.29, 0.717) is 11.8 Å². The van der Waals surface area contributed by atoms with Gasteiger partial charge in [0, 0.05) is 13.6 Å². The van der Waals surface area contributed by atoms with Gasteiger partial charge >= 0.3 is 0 Å². The lowest BCUT2D eigenvalue weighted by molar-refractivity contribution is -0.132. The molecule has 102 valence electrons. The number of piperidine rings is 1. The van der Waals surface area contributed by atoms with Crippen LogP contribution in [0.4, 0.5) is 0 Å². The topological polar surface area (TPSA) is 32.3 Å². The van der Waals surface area contributed by atoms with Crippen LogP contribution in [0.5, 0.6) is 0 Å². The summed E-state index contributed by atoms with van der Waals surface area (Å²) in [6, 6.07) is 8.31. The van der Waals surface area contributed by atoms with Gasteiger partial charge in [-0.3, -0.25) is 4.79 Å². The van der Waals surface area contributed by atoms with Crippen LogP contribution in [0.15, 0.2) is 24.3 Å². The number of amides is 1. The van der Waals surface area contributed by atoms with Crippen molar-refractivity contribution >= 4 is 5.91 Å². The van der Waals surface area contributed by atoms with Gasteiger partial charge in [-0.05, 0) is 49.4 Å². The SMILES string of the molecule is CN(CC1CCNCC1)C(=O)C1Cc2ccccc21. The molecular weight excluding hydrogens is 236 g/mol. The number of nitrogens with one attached hydrogen (secondary N) is 1. The molecule has 1 fully saturated rings. The Morgan fingerprint density at radius 1 is 1.32 bits per heavy atom. The molecule has 0 saturated carbocycles. The molecule has 0 bridgehead atoms. The molecule has 1 N–H and O–H groups in total. The predicted octanol–water partition coefficient (Wildman–Crippen LogP) is 1.78. The first-order valence-electron chi connectivity index (χ1n) is 7.29. The van der Waals surface area contributed by atoms with E-state index >= 15 is 0 Å². The Balaban J connectivity index is 1.59. The summed E-state index contributed by atoms with van der Waals surface area (Å²) < 4.78 is 0. The Hall–Kier alpha value is -1.35. The first-order valence-corrected chi connectivity index (χ1v) is 7.29. The zero-order chi connectivity index (χ0) is 13.2. The second-order valence-corrected chi connectivity index (χ2v) is 5.87. The van der Waals surface area contributed by atoms with E-state index in [0.717, 1.165) is 26.1 Å². The maximum Gasteiger partial charge on any atom is 0.230 e. The van der Waals surface area contributed by atoms with Crippen molar-refractivity contribution in [2.75, 3.05) is 26.7 Å². The minimum Gasteiger partial charge on any atom is -0.345 e. The third-order valence-corrected chi connectivity index (χ3v) is 4.52. The average molecular weight is 258 g/mol. The molecule has 1 aromatic carbocycles. The second-order valence-electron chi connectivity index (χ2n) is 5.87. The summed E-state index contributed by atoms with van der Waals surface area (Å²) in [5.74, 6) is 1.09. The van der Waals surface area contributed by atoms with Gasteiger partial charge in [-0.15, -0.1) is 0 Å². The van der Waals surface area contributed by atoms with Gasteiger partial charge in [0.25, 0.3) is 0 Å². The fourth-order valence-electron chi connectivity index (χ4n) is 3.29. The standard InChI is InChI=1S/C16H22N2O/c1-18(11-12-6-8-17-9-7-12)16(19)15-10-13-4-2-3-5-14(13)15/h2-5,12,15,17H,6-11H2,1H3. The first kappa shape index (κ1) is 12.7. The fourth-order valence-corrected chi connectivity index (χ4v) is 3.29. The van der Waals surface area contributed by atoms with E-state index < -0.39 is 0 Å². The number of hydrogen-bond donors (Lipinski definition) is 1. The molecular formula is C16H22N2O. The number of benzene rings is 1. The van der Waals surface area contributed by atoms with E-state index in [1.54, 1.807) is 0 Å². The first-order chi connectivity index (χ1) is 9.25. The number of hydrogen-bond acceptors (Lipinski definition) is 2. The zero-order valence-corrected chi connectivity index (χ0v) is 11.6. The summed E-state index contributed by atoms with van der Waals surface area (Å²) in [7, 11) is 1.96. The summed E-state index contributed by atoms with van der Waals surface area (Å²) in [4.78, 5) is 14.4. The van der Waals surface area contributed by atoms with Crippen LogP contribution in [-0.4, -0.2) is 37.5 Å². The van der Waals surface area contributed by atoms with Crippen LogP contribution >= 0.6 is 0 Å². The quantitative estimate of drug-likeness (QED) is 0.896. The molecule has 0 radical (unpaired) electrons. The van der Waals surface area contributed by atoms with Gasteiger partial charge < -0.3 is 10.2 Å². The van der Waals surface area contributed by atoms with Crippen molar-refractivity contribution in [3.05, 3.63) is 35.4 Å². The van der Waals surface area contributed by atoms with Gasteiger partial charge in [-0.25, -0.2) is 0 Å². The number of fused-ring (bicyclic) bond motifs is 1. The van der Waals surface area contributed by atoms with E-state index in [1.807, 2.05) is 18.0 Å². The summed E-state index contributed by atoms with van der Waals surface area (Å²) in [6.07, 6.45) is 3.31. The van der Waals surface area contributed by atoms with Crippen molar-refractivity contribution in [3.8, 4) is 0 Å². The molecule has 1 aliphatic heterocycles. The molecule has 19 heavy (non-hydrogen) atoms. The summed E-state index contributed by atoms with van der Waals surface area (Å²) in [5.41, 5.74) is 2.58. The maximum atomic E-state index is 12.5. The molecule has 1 aliphatic carbocycles. The van der Waals surface area contributed by atoms with Crippen LogP contribution in [0.1, 0.15) is 29.9 Å². The highest BCUT2D eigenvalue weighted by Crippen LogP contribution is 2.36. The second kappa shape index (κ2) is 5.33. The summed E-state index contributed by atoms with van der Waals surface area (Å²) >= 11 is 0. The van der Waals surface area contributed by atoms with Crippen molar-refractivity contribution in [1.29, 1.82) is 0 Å². The molecule has 0 spiro atoms. The predicted molar refractivity (Wildman–Crippen MR) is 76.1 cm³/mol. The van der Waals surface area contributed by atoms with E-state index in [4.69, 9.17) is 0 Å². The molecule has 0 aromatic heterocycles. The Kier molecular flexibility index (Phi) is 3.56. The third-order valence-electron chi connectivity index (χ3n) is 4.52. The van der Waals surface area contributed by atoms with Crippen LogP contribution in [0, 0.1) is 5.92 Å². The van der Waals surface area contributed by atoms with Crippen LogP contribution < -0.4 is 5.32 Å². The van der Waals surface area contributed by atoms with Gasteiger partial charge in [0.1, 0.15) is 0 Å². The van der Waals surface area contributed by atoms with Crippen molar-refractivity contribution < 1.29 is 4.79 Å². The highest BCUT2D eigenvalue weighted by molar-refractivity contribution is 5.86. The summed E-state index contributed by atoms with van der Waals surface area (Å²) in [6.45, 7) is 3.11. The number of rotatable bonds is 3. The largest absolute Gasteiger partial charge is 0.345 e. The molecule has 1 saturated heterocycles. The molecule has 2 aliphatic rings. The molecule has 1 amide bonds. The highest BCUT2D eigenvalue weighted by atomic mass is 16.2. The maximum absolute atomic E-state index is 12.5. The van der Waals surface area contributed by atoms with Crippen molar-refractivity contribution in [1.82, 2.24) is 10.2 Å². The minimum atomic E-state index is 0.114. The molecule has 1 atom stereocenters. The Morgan fingerprint density at radius 2 is 2.05 bits per heavy atom. The normalized spacial score (nSPS) is 22.5. The smallest absolute Gasteiger partial charge is 0.230 e. The molecule has 3 rings (SSSR count). The van der Waals surface area contributed by atoms with Gasteiger partial charge in [0.2, 0.25) is 5.91 Å². The number of carbonyl (C=O) groups is 1. The lowest BCUT2D eigenvalue weighted by Crippen LogP contribution is -2.41. The lowest BCUT2D eigenvalue weighted by Gasteiger charge is -2.34. The van der Waals surface area contributed by atoms with E-state index in [2.05, 4.69) is 23.5 Å². The van der Waals surface area contributed by atoms with Gasteiger partial charge in [0.15, 0.2) is 0 Å². The Labute approximate surface area is 115 Å². The molecule has 3 heteroatoms. The fraction of sp³-hybridized carbons (Fsp3) is 0.562. The van der Waals surface area contributed by atoms with Crippen LogP contribution in [0.3, 0.4) is 0 Å². The van der Waals surface area contributed by atoms with Gasteiger partial charge in [-0.2, -0.15) is 0 Å². The van der Waals surface area contributed by atoms with E-state index in [1.165, 1.54) is 24.0 Å². The molecule has 1 unspecified atom stereocenters. The number of carbonyl (C=O) groups excluding carboxylic acids is 1. The zero-order valence-electron chi connectivity index (χ0n) is 11.6. The van der Waals surface area contributed by atoms with Crippen molar-refractivity contribution in [2.45, 2.75) is 25.2 Å². The van der Waals surface area contributed by atoms with E-state index in [9.17, 15) is 4.79 Å². The van der Waals surface area contributed by atoms with Crippen LogP contribution in [0.2, 0.25) is 0 Å². The van der Waals surface area contributed by atoms with Crippen LogP contribution in [0.25, 0.3) is 0 Å². The molecule has 1 aromatic rings. The average Bonchev–Trinajstić information content (AvgIpc) is 2.41. The van der Waals surface area contributed by atoms with E-state index in [-0.39, 0.29) is 5.92 Å². The van der Waals surface area contributed by atoms with Crippen LogP contribution in [-0.2, 0) is 11.2 Å². The van der Waals surface area contributed by atoms with Crippen molar-refractivity contribution in [2.24, 2.45) is 5.92 Å². The van der Waals surface area contributed by atoms with Gasteiger partial charge in [0.05, 0.1) is 5.92 Å². The van der Waals surface area contributed by atoms with Crippen molar-refractivity contribution in [3.63, 3.8) is 0 Å². The molecule has 3 nitrogen and oxygen atoms in total.